The number of benzene rings is 2. The molecule has 0 atom stereocenters. The molecule has 6 nitrogen and oxygen atoms in total. The van der Waals surface area contributed by atoms with Gasteiger partial charge < -0.3 is 0 Å². The Morgan fingerprint density at radius 2 is 1.65 bits per heavy atom. The number of halogens is 2. The van der Waals surface area contributed by atoms with Crippen LogP contribution in [0, 0.1) is 5.92 Å². The second kappa shape index (κ2) is 8.36. The minimum absolute atomic E-state index is 0.204. The van der Waals surface area contributed by atoms with Gasteiger partial charge in [0.15, 0.2) is 5.65 Å². The van der Waals surface area contributed by atoms with Crippen LogP contribution in [0.25, 0.3) is 22.3 Å². The zero-order chi connectivity index (χ0) is 22.3. The van der Waals surface area contributed by atoms with Gasteiger partial charge in [0.25, 0.3) is 5.56 Å². The molecule has 4 aromatic rings. The Morgan fingerprint density at radius 1 is 1.00 bits per heavy atom. The molecule has 0 radical (unpaired) electrons. The van der Waals surface area contributed by atoms with E-state index < -0.39 is 0 Å². The van der Waals surface area contributed by atoms with Gasteiger partial charge in [0.2, 0.25) is 0 Å². The third-order valence-electron chi connectivity index (χ3n) is 5.08. The Balaban J connectivity index is 2.06. The summed E-state index contributed by atoms with van der Waals surface area (Å²) < 4.78 is 4.48. The first-order chi connectivity index (χ1) is 14.8. The van der Waals surface area contributed by atoms with Gasteiger partial charge in [0.1, 0.15) is 5.39 Å². The van der Waals surface area contributed by atoms with Crippen molar-refractivity contribution < 1.29 is 0 Å². The molecule has 8 heteroatoms. The van der Waals surface area contributed by atoms with E-state index >= 15 is 0 Å². The summed E-state index contributed by atoms with van der Waals surface area (Å²) >= 11 is 12.4. The maximum absolute atomic E-state index is 13.2. The van der Waals surface area contributed by atoms with Gasteiger partial charge >= 0.3 is 5.69 Å². The summed E-state index contributed by atoms with van der Waals surface area (Å²) in [5, 5.41) is 6.20. The third kappa shape index (κ3) is 4.05. The Morgan fingerprint density at radius 3 is 2.26 bits per heavy atom. The van der Waals surface area contributed by atoms with Crippen molar-refractivity contribution >= 4 is 34.2 Å². The highest BCUT2D eigenvalue weighted by molar-refractivity contribution is 6.34. The lowest BCUT2D eigenvalue weighted by atomic mass is 10.1. The number of hydrogen-bond donors (Lipinski definition) is 0. The minimum atomic E-state index is -0.374. The Hall–Kier alpha value is -2.83. The van der Waals surface area contributed by atoms with E-state index in [0.717, 1.165) is 15.7 Å². The van der Waals surface area contributed by atoms with Gasteiger partial charge in [0.05, 0.1) is 12.2 Å². The van der Waals surface area contributed by atoms with Gasteiger partial charge in [-0.15, -0.1) is 0 Å². The van der Waals surface area contributed by atoms with Gasteiger partial charge in [0, 0.05) is 29.2 Å². The fourth-order valence-corrected chi connectivity index (χ4v) is 4.34. The van der Waals surface area contributed by atoms with Crippen LogP contribution in [0.1, 0.15) is 19.4 Å². The molecule has 0 fully saturated rings. The van der Waals surface area contributed by atoms with Crippen molar-refractivity contribution in [2.75, 3.05) is 0 Å². The van der Waals surface area contributed by atoms with Crippen LogP contribution in [0.5, 0.6) is 0 Å². The average Bonchev–Trinajstić information content (AvgIpc) is 3.08. The van der Waals surface area contributed by atoms with Crippen LogP contribution >= 0.6 is 23.2 Å². The molecular weight excluding hydrogens is 435 g/mol. The third-order valence-corrected chi connectivity index (χ3v) is 5.51. The van der Waals surface area contributed by atoms with Crippen molar-refractivity contribution in [1.29, 1.82) is 0 Å². The summed E-state index contributed by atoms with van der Waals surface area (Å²) in [6.07, 6.45) is 0. The fraction of sp³-hybridized carbons (Fsp3) is 0.261. The van der Waals surface area contributed by atoms with E-state index in [0.29, 0.717) is 39.9 Å². The van der Waals surface area contributed by atoms with Crippen molar-refractivity contribution in [3.63, 3.8) is 0 Å². The van der Waals surface area contributed by atoms with Gasteiger partial charge in [-0.2, -0.15) is 5.10 Å². The normalized spacial score (nSPS) is 11.5. The maximum Gasteiger partial charge on any atom is 0.332 e. The second-order valence-corrected chi connectivity index (χ2v) is 8.87. The van der Waals surface area contributed by atoms with Crippen LogP contribution in [-0.4, -0.2) is 18.9 Å². The molecule has 0 saturated carbocycles. The van der Waals surface area contributed by atoms with Gasteiger partial charge in [-0.3, -0.25) is 18.6 Å². The molecule has 2 aromatic heterocycles. The van der Waals surface area contributed by atoms with Crippen LogP contribution in [0.4, 0.5) is 0 Å². The Labute approximate surface area is 189 Å². The lowest BCUT2D eigenvalue weighted by Gasteiger charge is -2.11. The number of hydrogen-bond acceptors (Lipinski definition) is 3. The zero-order valence-electron chi connectivity index (χ0n) is 17.5. The first-order valence-electron chi connectivity index (χ1n) is 9.97. The standard InChI is InChI=1S/C23H22Cl2N4O2/c1-14(2)12-28-21-19(22(30)27(3)23(28)31)20(16-7-5-4-6-8-16)29(26-21)13-15-9-17(24)11-18(25)10-15/h4-11,14H,12-13H2,1-3H3. The molecule has 4 rings (SSSR count). The molecule has 0 unspecified atom stereocenters. The number of aromatic nitrogens is 4. The summed E-state index contributed by atoms with van der Waals surface area (Å²) in [7, 11) is 1.50. The van der Waals surface area contributed by atoms with Crippen LogP contribution in [-0.2, 0) is 20.1 Å². The molecule has 2 heterocycles. The fourth-order valence-electron chi connectivity index (χ4n) is 3.77. The maximum atomic E-state index is 13.2. The largest absolute Gasteiger partial charge is 0.332 e. The molecule has 0 amide bonds. The molecule has 0 aliphatic heterocycles. The molecule has 0 aliphatic carbocycles. The van der Waals surface area contributed by atoms with Gasteiger partial charge in [-0.05, 0) is 29.7 Å². The first-order valence-corrected chi connectivity index (χ1v) is 10.7. The van der Waals surface area contributed by atoms with Crippen molar-refractivity contribution in [3.8, 4) is 11.3 Å². The van der Waals surface area contributed by atoms with Crippen molar-refractivity contribution in [2.24, 2.45) is 13.0 Å². The smallest absolute Gasteiger partial charge is 0.276 e. The number of rotatable bonds is 5. The molecule has 0 bridgehead atoms. The summed E-state index contributed by atoms with van der Waals surface area (Å²) in [4.78, 5) is 26.1. The van der Waals surface area contributed by atoms with Crippen molar-refractivity contribution in [2.45, 2.75) is 26.9 Å². The van der Waals surface area contributed by atoms with E-state index in [4.69, 9.17) is 28.3 Å². The Bertz CT molecular complexity index is 1360. The van der Waals surface area contributed by atoms with Crippen molar-refractivity contribution in [1.82, 2.24) is 18.9 Å². The molecule has 0 N–H and O–H groups in total. The monoisotopic (exact) mass is 456 g/mol. The summed E-state index contributed by atoms with van der Waals surface area (Å²) in [5.74, 6) is 0.204. The van der Waals surface area contributed by atoms with Crippen LogP contribution in [0.3, 0.4) is 0 Å². The van der Waals surface area contributed by atoms with E-state index in [1.807, 2.05) is 56.3 Å². The Kier molecular flexibility index (Phi) is 5.77. The minimum Gasteiger partial charge on any atom is -0.276 e. The van der Waals surface area contributed by atoms with Crippen LogP contribution in [0.2, 0.25) is 10.0 Å². The molecular formula is C23H22Cl2N4O2. The number of nitrogens with zero attached hydrogens (tertiary/aromatic N) is 4. The summed E-state index contributed by atoms with van der Waals surface area (Å²) in [5.41, 5.74) is 1.98. The second-order valence-electron chi connectivity index (χ2n) is 8.00. The number of fused-ring (bicyclic) bond motifs is 1. The SMILES string of the molecule is CC(C)Cn1c(=O)n(C)c(=O)c2c(-c3ccccc3)n(Cc3cc(Cl)cc(Cl)c3)nc21. The predicted molar refractivity (Wildman–Crippen MR) is 125 cm³/mol. The van der Waals surface area contributed by atoms with Crippen LogP contribution < -0.4 is 11.2 Å². The van der Waals surface area contributed by atoms with E-state index in [2.05, 4.69) is 0 Å². The van der Waals surface area contributed by atoms with E-state index in [-0.39, 0.29) is 17.2 Å². The van der Waals surface area contributed by atoms with E-state index in [1.54, 1.807) is 15.3 Å². The molecule has 160 valence electrons. The zero-order valence-corrected chi connectivity index (χ0v) is 19.0. The van der Waals surface area contributed by atoms with Crippen molar-refractivity contribution in [3.05, 3.63) is 85.0 Å². The first kappa shape index (κ1) is 21.4. The lowest BCUT2D eigenvalue weighted by molar-refractivity contribution is 0.498. The molecule has 0 spiro atoms. The lowest BCUT2D eigenvalue weighted by Crippen LogP contribution is -2.38. The molecule has 31 heavy (non-hydrogen) atoms. The predicted octanol–water partition coefficient (Wildman–Crippen LogP) is 4.57. The average molecular weight is 457 g/mol. The molecule has 0 aliphatic rings. The summed E-state index contributed by atoms with van der Waals surface area (Å²) in [6, 6.07) is 14.9. The summed E-state index contributed by atoms with van der Waals surface area (Å²) in [6.45, 7) is 4.84. The van der Waals surface area contributed by atoms with Crippen LogP contribution in [0.15, 0.2) is 58.1 Å². The topological polar surface area (TPSA) is 61.8 Å². The highest BCUT2D eigenvalue weighted by Gasteiger charge is 2.22. The highest BCUT2D eigenvalue weighted by atomic mass is 35.5. The van der Waals surface area contributed by atoms with E-state index in [9.17, 15) is 9.59 Å². The van der Waals surface area contributed by atoms with E-state index in [1.165, 1.54) is 7.05 Å². The molecule has 2 aromatic carbocycles. The highest BCUT2D eigenvalue weighted by Crippen LogP contribution is 2.28. The quantitative estimate of drug-likeness (QED) is 0.441. The molecule has 0 saturated heterocycles. The van der Waals surface area contributed by atoms with Gasteiger partial charge in [-0.25, -0.2) is 4.79 Å². The van der Waals surface area contributed by atoms with Gasteiger partial charge in [-0.1, -0.05) is 67.4 Å².